The number of para-hydroxylation sites is 3. The summed E-state index contributed by atoms with van der Waals surface area (Å²) >= 11 is 1.84. The number of nitrogens with zero attached hydrogens (tertiary/aromatic N) is 2. The van der Waals surface area contributed by atoms with Crippen molar-refractivity contribution in [2.75, 3.05) is 9.80 Å². The van der Waals surface area contributed by atoms with Crippen molar-refractivity contribution in [3.63, 3.8) is 0 Å². The summed E-state index contributed by atoms with van der Waals surface area (Å²) in [5.41, 5.74) is 10.8. The highest BCUT2D eigenvalue weighted by atomic mass is 32.1. The van der Waals surface area contributed by atoms with Crippen molar-refractivity contribution in [1.29, 1.82) is 0 Å². The summed E-state index contributed by atoms with van der Waals surface area (Å²) in [4.78, 5) is 4.66. The van der Waals surface area contributed by atoms with Crippen LogP contribution in [0.25, 0.3) is 53.2 Å². The second-order valence-corrected chi connectivity index (χ2v) is 14.1. The zero-order valence-corrected chi connectivity index (χ0v) is 29.0. The topological polar surface area (TPSA) is 19.6 Å². The maximum atomic E-state index is 6.32. The molecule has 0 aliphatic carbocycles. The van der Waals surface area contributed by atoms with Crippen LogP contribution in [-0.2, 0) is 0 Å². The zero-order valence-electron chi connectivity index (χ0n) is 28.2. The van der Waals surface area contributed by atoms with Crippen LogP contribution in [0.3, 0.4) is 0 Å². The Kier molecular flexibility index (Phi) is 7.33. The summed E-state index contributed by atoms with van der Waals surface area (Å²) in [7, 11) is 0. The average Bonchev–Trinajstić information content (AvgIpc) is 3.77. The van der Waals surface area contributed by atoms with Gasteiger partial charge < -0.3 is 14.2 Å². The van der Waals surface area contributed by atoms with Crippen molar-refractivity contribution in [3.8, 4) is 11.1 Å². The van der Waals surface area contributed by atoms with Gasteiger partial charge in [-0.15, -0.1) is 11.3 Å². The first-order valence-corrected chi connectivity index (χ1v) is 18.3. The Bertz CT molecular complexity index is 2840. The number of rotatable bonds is 7. The quantitative estimate of drug-likeness (QED) is 0.167. The summed E-state index contributed by atoms with van der Waals surface area (Å²) in [6.07, 6.45) is 0. The molecule has 0 saturated heterocycles. The second-order valence-electron chi connectivity index (χ2n) is 13.0. The van der Waals surface area contributed by atoms with Gasteiger partial charge in [-0.25, -0.2) is 0 Å². The largest absolute Gasteiger partial charge is 0.456 e. The lowest BCUT2D eigenvalue weighted by molar-refractivity contribution is 0.669. The standard InChI is InChI=1S/C48H32N2OS/c1-4-12-33(13-5-1)34-20-22-37(23-21-34)49(35-14-6-2-7-15-35)39-25-28-43-44-29-26-40(32-48(44)52-47(43)31-39)50(36-16-8-3-9-17-36)38-24-27-42-41-18-10-11-19-45(41)51-46(42)30-38/h1-32H. The first-order chi connectivity index (χ1) is 25.8. The van der Waals surface area contributed by atoms with E-state index in [4.69, 9.17) is 4.42 Å². The van der Waals surface area contributed by atoms with Crippen molar-refractivity contribution in [1.82, 2.24) is 0 Å². The SMILES string of the molecule is c1ccc(-c2ccc(N(c3ccccc3)c3ccc4c(c3)sc3cc(N(c5ccccc5)c5ccc6c(c5)oc5ccccc56)ccc34)cc2)cc1. The highest BCUT2D eigenvalue weighted by molar-refractivity contribution is 7.25. The van der Waals surface area contributed by atoms with E-state index in [1.54, 1.807) is 0 Å². The molecule has 4 heteroatoms. The molecule has 246 valence electrons. The zero-order chi connectivity index (χ0) is 34.4. The van der Waals surface area contributed by atoms with Crippen LogP contribution >= 0.6 is 11.3 Å². The van der Waals surface area contributed by atoms with E-state index in [-0.39, 0.29) is 0 Å². The molecule has 0 radical (unpaired) electrons. The van der Waals surface area contributed by atoms with Crippen LogP contribution < -0.4 is 9.80 Å². The highest BCUT2D eigenvalue weighted by Gasteiger charge is 2.18. The van der Waals surface area contributed by atoms with Crippen LogP contribution in [0.5, 0.6) is 0 Å². The number of anilines is 6. The van der Waals surface area contributed by atoms with E-state index in [0.717, 1.165) is 56.1 Å². The molecule has 3 nitrogen and oxygen atoms in total. The summed E-state index contributed by atoms with van der Waals surface area (Å²) < 4.78 is 8.81. The molecule has 52 heavy (non-hydrogen) atoms. The molecule has 10 aromatic rings. The smallest absolute Gasteiger partial charge is 0.137 e. The Hall–Kier alpha value is -6.62. The number of hydrogen-bond acceptors (Lipinski definition) is 4. The van der Waals surface area contributed by atoms with Crippen molar-refractivity contribution >= 4 is 87.6 Å². The molecule has 0 spiro atoms. The molecular formula is C48H32N2OS. The van der Waals surface area contributed by atoms with E-state index >= 15 is 0 Å². The fourth-order valence-corrected chi connectivity index (χ4v) is 8.54. The minimum atomic E-state index is 0.882. The van der Waals surface area contributed by atoms with E-state index in [2.05, 4.69) is 192 Å². The van der Waals surface area contributed by atoms with Gasteiger partial charge in [0.15, 0.2) is 0 Å². The number of benzene rings is 8. The molecule has 0 amide bonds. The van der Waals surface area contributed by atoms with Gasteiger partial charge in [0.05, 0.1) is 0 Å². The van der Waals surface area contributed by atoms with Gasteiger partial charge in [0.1, 0.15) is 11.2 Å². The Labute approximate surface area is 305 Å². The molecule has 0 saturated carbocycles. The van der Waals surface area contributed by atoms with E-state index in [9.17, 15) is 0 Å². The van der Waals surface area contributed by atoms with Crippen molar-refractivity contribution in [2.45, 2.75) is 0 Å². The fourth-order valence-electron chi connectivity index (χ4n) is 7.37. The minimum Gasteiger partial charge on any atom is -0.456 e. The van der Waals surface area contributed by atoms with Crippen molar-refractivity contribution in [3.05, 3.63) is 194 Å². The third-order valence-corrected chi connectivity index (χ3v) is 11.0. The number of hydrogen-bond donors (Lipinski definition) is 0. The summed E-state index contributed by atoms with van der Waals surface area (Å²) in [6.45, 7) is 0. The average molecular weight is 685 g/mol. The predicted molar refractivity (Wildman–Crippen MR) is 221 cm³/mol. The fraction of sp³-hybridized carbons (Fsp3) is 0. The highest BCUT2D eigenvalue weighted by Crippen LogP contribution is 2.44. The van der Waals surface area contributed by atoms with Gasteiger partial charge in [0.2, 0.25) is 0 Å². The summed E-state index contributed by atoms with van der Waals surface area (Å²) in [5.74, 6) is 0. The van der Waals surface area contributed by atoms with E-state index in [0.29, 0.717) is 0 Å². The van der Waals surface area contributed by atoms with Gasteiger partial charge in [-0.1, -0.05) is 109 Å². The molecule has 10 rings (SSSR count). The van der Waals surface area contributed by atoms with E-state index in [1.165, 1.54) is 31.3 Å². The Balaban J connectivity index is 1.06. The van der Waals surface area contributed by atoms with E-state index in [1.807, 2.05) is 23.5 Å². The van der Waals surface area contributed by atoms with Gasteiger partial charge in [0, 0.05) is 71.1 Å². The van der Waals surface area contributed by atoms with Gasteiger partial charge in [0.25, 0.3) is 0 Å². The number of furan rings is 1. The molecule has 0 atom stereocenters. The van der Waals surface area contributed by atoms with Crippen LogP contribution in [0.4, 0.5) is 34.1 Å². The third kappa shape index (κ3) is 5.29. The van der Waals surface area contributed by atoms with Crippen LogP contribution in [0, 0.1) is 0 Å². The molecule has 0 fully saturated rings. The lowest BCUT2D eigenvalue weighted by atomic mass is 10.0. The minimum absolute atomic E-state index is 0.882. The van der Waals surface area contributed by atoms with Crippen LogP contribution in [0.15, 0.2) is 199 Å². The number of thiophene rings is 1. The van der Waals surface area contributed by atoms with E-state index < -0.39 is 0 Å². The first-order valence-electron chi connectivity index (χ1n) is 17.5. The first kappa shape index (κ1) is 30.2. The molecule has 0 aliphatic rings. The van der Waals surface area contributed by atoms with Crippen molar-refractivity contribution < 1.29 is 4.42 Å². The Morgan fingerprint density at radius 1 is 0.308 bits per heavy atom. The van der Waals surface area contributed by atoms with Crippen molar-refractivity contribution in [2.24, 2.45) is 0 Å². The lowest BCUT2D eigenvalue weighted by Crippen LogP contribution is -2.09. The maximum Gasteiger partial charge on any atom is 0.137 e. The van der Waals surface area contributed by atoms with Crippen LogP contribution in [-0.4, -0.2) is 0 Å². The molecule has 2 aromatic heterocycles. The van der Waals surface area contributed by atoms with Crippen LogP contribution in [0.2, 0.25) is 0 Å². The number of fused-ring (bicyclic) bond motifs is 6. The van der Waals surface area contributed by atoms with Gasteiger partial charge in [-0.3, -0.25) is 0 Å². The molecule has 0 aliphatic heterocycles. The maximum absolute atomic E-state index is 6.32. The Morgan fingerprint density at radius 2 is 0.731 bits per heavy atom. The molecule has 2 heterocycles. The second kappa shape index (κ2) is 12.6. The molecule has 0 bridgehead atoms. The third-order valence-electron chi connectivity index (χ3n) is 9.84. The van der Waals surface area contributed by atoms with Gasteiger partial charge in [-0.2, -0.15) is 0 Å². The molecular weight excluding hydrogens is 653 g/mol. The predicted octanol–water partition coefficient (Wildman–Crippen LogP) is 14.6. The van der Waals surface area contributed by atoms with Gasteiger partial charge >= 0.3 is 0 Å². The molecule has 0 unspecified atom stereocenters. The normalized spacial score (nSPS) is 11.5. The van der Waals surface area contributed by atoms with Crippen LogP contribution in [0.1, 0.15) is 0 Å². The molecule has 8 aromatic carbocycles. The summed E-state index contributed by atoms with van der Waals surface area (Å²) in [5, 5.41) is 4.78. The monoisotopic (exact) mass is 684 g/mol. The lowest BCUT2D eigenvalue weighted by Gasteiger charge is -2.25. The molecule has 0 N–H and O–H groups in total. The Morgan fingerprint density at radius 3 is 1.35 bits per heavy atom. The summed E-state index contributed by atoms with van der Waals surface area (Å²) in [6, 6.07) is 69.1. The van der Waals surface area contributed by atoms with Gasteiger partial charge in [-0.05, 0) is 90.0 Å².